The minimum Gasteiger partial charge on any atom is -0.496 e. The molecule has 24 heavy (non-hydrogen) atoms. The number of carboxylic acids is 1. The first-order valence-electron chi connectivity index (χ1n) is 7.60. The van der Waals surface area contributed by atoms with Gasteiger partial charge in [-0.05, 0) is 37.6 Å². The van der Waals surface area contributed by atoms with Gasteiger partial charge in [0.2, 0.25) is 5.91 Å². The van der Waals surface area contributed by atoms with Crippen LogP contribution in [0.1, 0.15) is 25.0 Å². The lowest BCUT2D eigenvalue weighted by Gasteiger charge is -2.20. The summed E-state index contributed by atoms with van der Waals surface area (Å²) >= 11 is 0. The van der Waals surface area contributed by atoms with Crippen molar-refractivity contribution >= 4 is 17.6 Å². The van der Waals surface area contributed by atoms with Crippen molar-refractivity contribution in [2.45, 2.75) is 25.7 Å². The van der Waals surface area contributed by atoms with Gasteiger partial charge in [-0.1, -0.05) is 30.3 Å². The largest absolute Gasteiger partial charge is 0.496 e. The first-order chi connectivity index (χ1) is 11.3. The maximum absolute atomic E-state index is 12.2. The van der Waals surface area contributed by atoms with Crippen molar-refractivity contribution in [1.82, 2.24) is 0 Å². The quantitative estimate of drug-likeness (QED) is 0.854. The third-order valence-corrected chi connectivity index (χ3v) is 3.97. The lowest BCUT2D eigenvalue weighted by Crippen LogP contribution is -2.28. The third kappa shape index (κ3) is 3.93. The number of amides is 1. The molecule has 5 heteroatoms. The van der Waals surface area contributed by atoms with E-state index in [1.807, 2.05) is 24.3 Å². The number of hydrogen-bond donors (Lipinski definition) is 2. The number of hydrogen-bond acceptors (Lipinski definition) is 3. The minimum absolute atomic E-state index is 0.162. The number of aliphatic carboxylic acids is 1. The molecule has 126 valence electrons. The molecule has 0 fully saturated rings. The van der Waals surface area contributed by atoms with E-state index in [9.17, 15) is 14.7 Å². The Morgan fingerprint density at radius 2 is 1.71 bits per heavy atom. The van der Waals surface area contributed by atoms with E-state index < -0.39 is 11.4 Å². The predicted octanol–water partition coefficient (Wildman–Crippen LogP) is 3.24. The van der Waals surface area contributed by atoms with Crippen LogP contribution < -0.4 is 10.1 Å². The fraction of sp³-hybridized carbons (Fsp3) is 0.263. The zero-order valence-electron chi connectivity index (χ0n) is 14.0. The van der Waals surface area contributed by atoms with E-state index in [0.717, 1.165) is 5.56 Å². The van der Waals surface area contributed by atoms with Crippen LogP contribution in [0.2, 0.25) is 0 Å². The van der Waals surface area contributed by atoms with Crippen LogP contribution in [0.4, 0.5) is 5.69 Å². The molecule has 0 spiro atoms. The summed E-state index contributed by atoms with van der Waals surface area (Å²) in [6.45, 7) is 3.29. The van der Waals surface area contributed by atoms with Gasteiger partial charge in [-0.15, -0.1) is 0 Å². The molecule has 0 atom stereocenters. The maximum Gasteiger partial charge on any atom is 0.313 e. The molecule has 2 aromatic rings. The SMILES string of the molecule is COc1ccccc1CC(=O)Nc1ccc(C(C)(C)C(=O)O)cc1. The number of benzene rings is 2. The fourth-order valence-electron chi connectivity index (χ4n) is 2.32. The molecular weight excluding hydrogens is 306 g/mol. The Kier molecular flexibility index (Phi) is 5.24. The molecule has 0 bridgehead atoms. The molecule has 0 saturated carbocycles. The summed E-state index contributed by atoms with van der Waals surface area (Å²) in [6.07, 6.45) is 0.201. The molecule has 2 N–H and O–H groups in total. The molecule has 0 aromatic heterocycles. The van der Waals surface area contributed by atoms with Crippen molar-refractivity contribution in [2.75, 3.05) is 12.4 Å². The highest BCUT2D eigenvalue weighted by Crippen LogP contribution is 2.25. The Labute approximate surface area is 141 Å². The second kappa shape index (κ2) is 7.17. The van der Waals surface area contributed by atoms with Crippen LogP contribution in [0.5, 0.6) is 5.75 Å². The van der Waals surface area contributed by atoms with Crippen LogP contribution >= 0.6 is 0 Å². The van der Waals surface area contributed by atoms with Crippen LogP contribution in [0.25, 0.3) is 0 Å². The summed E-state index contributed by atoms with van der Waals surface area (Å²) in [6, 6.07) is 14.2. The number of anilines is 1. The van der Waals surface area contributed by atoms with Gasteiger partial charge in [0.25, 0.3) is 0 Å². The van der Waals surface area contributed by atoms with Crippen molar-refractivity contribution in [3.8, 4) is 5.75 Å². The number of carboxylic acid groups (broad SMARTS) is 1. The summed E-state index contributed by atoms with van der Waals surface area (Å²) in [7, 11) is 1.57. The van der Waals surface area contributed by atoms with Gasteiger partial charge in [-0.25, -0.2) is 0 Å². The average molecular weight is 327 g/mol. The van der Waals surface area contributed by atoms with Gasteiger partial charge < -0.3 is 15.2 Å². The highest BCUT2D eigenvalue weighted by Gasteiger charge is 2.29. The van der Waals surface area contributed by atoms with Gasteiger partial charge in [0, 0.05) is 11.3 Å². The topological polar surface area (TPSA) is 75.6 Å². The highest BCUT2D eigenvalue weighted by molar-refractivity contribution is 5.92. The Bertz CT molecular complexity index is 735. The van der Waals surface area contributed by atoms with Gasteiger partial charge in [0.1, 0.15) is 5.75 Å². The zero-order chi connectivity index (χ0) is 17.7. The zero-order valence-corrected chi connectivity index (χ0v) is 14.0. The van der Waals surface area contributed by atoms with Crippen LogP contribution in [-0.2, 0) is 21.4 Å². The van der Waals surface area contributed by atoms with Crippen molar-refractivity contribution in [3.05, 3.63) is 59.7 Å². The first kappa shape index (κ1) is 17.5. The van der Waals surface area contributed by atoms with E-state index >= 15 is 0 Å². The number of rotatable bonds is 6. The predicted molar refractivity (Wildman–Crippen MR) is 92.4 cm³/mol. The van der Waals surface area contributed by atoms with Crippen molar-refractivity contribution in [2.24, 2.45) is 0 Å². The number of carbonyl (C=O) groups is 2. The van der Waals surface area contributed by atoms with Crippen LogP contribution in [0.15, 0.2) is 48.5 Å². The molecule has 0 aliphatic rings. The van der Waals surface area contributed by atoms with Gasteiger partial charge in [0.15, 0.2) is 0 Å². The smallest absolute Gasteiger partial charge is 0.313 e. The molecule has 0 radical (unpaired) electrons. The van der Waals surface area contributed by atoms with Crippen molar-refractivity contribution in [1.29, 1.82) is 0 Å². The van der Waals surface area contributed by atoms with Gasteiger partial charge in [0.05, 0.1) is 18.9 Å². The second-order valence-electron chi connectivity index (χ2n) is 6.04. The standard InChI is InChI=1S/C19H21NO4/c1-19(2,18(22)23)14-8-10-15(11-9-14)20-17(21)12-13-6-4-5-7-16(13)24-3/h4-11H,12H2,1-3H3,(H,20,21)(H,22,23). The first-order valence-corrected chi connectivity index (χ1v) is 7.60. The molecule has 0 unspecified atom stereocenters. The lowest BCUT2D eigenvalue weighted by atomic mass is 9.85. The van der Waals surface area contributed by atoms with Crippen LogP contribution in [0, 0.1) is 0 Å². The van der Waals surface area contributed by atoms with E-state index in [0.29, 0.717) is 17.0 Å². The Balaban J connectivity index is 2.06. The summed E-state index contributed by atoms with van der Waals surface area (Å²) in [5.41, 5.74) is 1.14. The summed E-state index contributed by atoms with van der Waals surface area (Å²) in [5, 5.41) is 12.0. The van der Waals surface area contributed by atoms with E-state index in [1.54, 1.807) is 45.2 Å². The summed E-state index contributed by atoms with van der Waals surface area (Å²) in [5.74, 6) is -0.383. The lowest BCUT2D eigenvalue weighted by molar-refractivity contribution is -0.142. The third-order valence-electron chi connectivity index (χ3n) is 3.97. The van der Waals surface area contributed by atoms with Crippen LogP contribution in [-0.4, -0.2) is 24.1 Å². The Morgan fingerprint density at radius 1 is 1.08 bits per heavy atom. The summed E-state index contributed by atoms with van der Waals surface area (Å²) < 4.78 is 5.24. The van der Waals surface area contributed by atoms with E-state index in [2.05, 4.69) is 5.32 Å². The second-order valence-corrected chi connectivity index (χ2v) is 6.04. The van der Waals surface area contributed by atoms with Crippen molar-refractivity contribution < 1.29 is 19.4 Å². The van der Waals surface area contributed by atoms with E-state index in [1.165, 1.54) is 0 Å². The monoisotopic (exact) mass is 327 g/mol. The maximum atomic E-state index is 12.2. The number of carbonyl (C=O) groups excluding carboxylic acids is 1. The fourth-order valence-corrected chi connectivity index (χ4v) is 2.32. The molecule has 0 aliphatic carbocycles. The normalized spacial score (nSPS) is 11.0. The van der Waals surface area contributed by atoms with Crippen LogP contribution in [0.3, 0.4) is 0 Å². The molecular formula is C19H21NO4. The molecule has 5 nitrogen and oxygen atoms in total. The minimum atomic E-state index is -0.972. The molecule has 0 aliphatic heterocycles. The summed E-state index contributed by atoms with van der Waals surface area (Å²) in [4.78, 5) is 23.4. The Hall–Kier alpha value is -2.82. The number of methoxy groups -OCH3 is 1. The number of para-hydroxylation sites is 1. The van der Waals surface area contributed by atoms with Gasteiger partial charge in [-0.3, -0.25) is 9.59 Å². The van der Waals surface area contributed by atoms with E-state index in [-0.39, 0.29) is 12.3 Å². The molecule has 0 heterocycles. The van der Waals surface area contributed by atoms with Gasteiger partial charge in [-0.2, -0.15) is 0 Å². The average Bonchev–Trinajstić information content (AvgIpc) is 2.55. The molecule has 2 aromatic carbocycles. The number of ether oxygens (including phenoxy) is 1. The Morgan fingerprint density at radius 3 is 2.29 bits per heavy atom. The van der Waals surface area contributed by atoms with Gasteiger partial charge >= 0.3 is 5.97 Å². The molecule has 2 rings (SSSR count). The highest BCUT2D eigenvalue weighted by atomic mass is 16.5. The molecule has 0 saturated heterocycles. The molecule has 1 amide bonds. The van der Waals surface area contributed by atoms with E-state index in [4.69, 9.17) is 4.74 Å². The van der Waals surface area contributed by atoms with Crippen molar-refractivity contribution in [3.63, 3.8) is 0 Å². The number of nitrogens with one attached hydrogen (secondary N) is 1.